The predicted molar refractivity (Wildman–Crippen MR) is 57.2 cm³/mol. The minimum absolute atomic E-state index is 0.167. The number of rotatable bonds is 7. The molecule has 1 N–H and O–H groups in total. The molecule has 0 saturated carbocycles. The molecular formula is C9H18O5Si. The van der Waals surface area contributed by atoms with Gasteiger partial charge < -0.3 is 18.7 Å². The van der Waals surface area contributed by atoms with Crippen molar-refractivity contribution in [2.24, 2.45) is 0 Å². The third-order valence-electron chi connectivity index (χ3n) is 1.83. The van der Waals surface area contributed by atoms with E-state index in [2.05, 4.69) is 11.3 Å². The van der Waals surface area contributed by atoms with Crippen LogP contribution in [0.3, 0.4) is 0 Å². The van der Waals surface area contributed by atoms with Crippen molar-refractivity contribution in [2.45, 2.75) is 20.4 Å². The summed E-state index contributed by atoms with van der Waals surface area (Å²) >= 11 is 0. The largest absolute Gasteiger partial charge is 0.435 e. The van der Waals surface area contributed by atoms with E-state index in [0.29, 0.717) is 13.2 Å². The second-order valence-electron chi connectivity index (χ2n) is 2.85. The van der Waals surface area contributed by atoms with Crippen molar-refractivity contribution in [3.8, 4) is 0 Å². The average Bonchev–Trinajstić information content (AvgIpc) is 2.17. The van der Waals surface area contributed by atoms with Crippen molar-refractivity contribution in [1.82, 2.24) is 0 Å². The highest BCUT2D eigenvalue weighted by atomic mass is 28.4. The Kier molecular flexibility index (Phi) is 6.42. The van der Waals surface area contributed by atoms with Crippen LogP contribution >= 0.6 is 0 Å². The van der Waals surface area contributed by atoms with Gasteiger partial charge in [-0.05, 0) is 20.4 Å². The van der Waals surface area contributed by atoms with Gasteiger partial charge in [0.1, 0.15) is 0 Å². The molecule has 0 aromatic carbocycles. The lowest BCUT2D eigenvalue weighted by molar-refractivity contribution is -0.146. The Morgan fingerprint density at radius 3 is 2.13 bits per heavy atom. The van der Waals surface area contributed by atoms with Gasteiger partial charge in [0, 0.05) is 13.2 Å². The molecular weight excluding hydrogens is 216 g/mol. The van der Waals surface area contributed by atoms with Crippen molar-refractivity contribution >= 4 is 14.5 Å². The molecule has 0 aliphatic rings. The quantitative estimate of drug-likeness (QED) is 0.304. The fourth-order valence-electron chi connectivity index (χ4n) is 1.10. The molecule has 0 bridgehead atoms. The summed E-state index contributed by atoms with van der Waals surface area (Å²) in [5.74, 6) is -0.673. The smallest absolute Gasteiger partial charge is 0.376 e. The van der Waals surface area contributed by atoms with Crippen LogP contribution in [-0.4, -0.2) is 39.6 Å². The Morgan fingerprint density at radius 1 is 1.33 bits per heavy atom. The molecule has 0 aliphatic heterocycles. The first-order valence-corrected chi connectivity index (χ1v) is 7.08. The molecule has 0 unspecified atom stereocenters. The van der Waals surface area contributed by atoms with Crippen molar-refractivity contribution in [3.05, 3.63) is 11.8 Å². The molecule has 0 saturated heterocycles. The average molecular weight is 234 g/mol. The van der Waals surface area contributed by atoms with Crippen molar-refractivity contribution in [2.75, 3.05) is 20.0 Å². The lowest BCUT2D eigenvalue weighted by Crippen LogP contribution is -2.44. The molecule has 6 heteroatoms. The fraction of sp³-hybridized carbons (Fsp3) is 0.667. The number of hydrogen-bond donors (Lipinski definition) is 1. The zero-order chi connectivity index (χ0) is 11.9. The van der Waals surface area contributed by atoms with Crippen LogP contribution in [0.1, 0.15) is 13.8 Å². The van der Waals surface area contributed by atoms with E-state index in [0.717, 1.165) is 0 Å². The third kappa shape index (κ3) is 4.13. The number of carbonyl (C=O) groups excluding carboxylic acids is 1. The molecule has 88 valence electrons. The second kappa shape index (κ2) is 6.73. The van der Waals surface area contributed by atoms with E-state index >= 15 is 0 Å². The number of esters is 1. The maximum Gasteiger partial charge on any atom is 0.376 e. The molecule has 0 aliphatic carbocycles. The maximum atomic E-state index is 11.3. The van der Waals surface area contributed by atoms with E-state index in [1.54, 1.807) is 6.55 Å². The van der Waals surface area contributed by atoms with Gasteiger partial charge in [-0.25, -0.2) is 4.79 Å². The van der Waals surface area contributed by atoms with E-state index in [9.17, 15) is 4.79 Å². The van der Waals surface area contributed by atoms with Crippen LogP contribution in [0, 0.1) is 0 Å². The summed E-state index contributed by atoms with van der Waals surface area (Å²) in [5.41, 5.74) is 0. The van der Waals surface area contributed by atoms with Gasteiger partial charge in [-0.3, -0.25) is 0 Å². The fourth-order valence-corrected chi connectivity index (χ4v) is 3.07. The topological polar surface area (TPSA) is 65.0 Å². The van der Waals surface area contributed by atoms with Crippen molar-refractivity contribution in [1.29, 1.82) is 0 Å². The first-order valence-electron chi connectivity index (χ1n) is 4.77. The van der Waals surface area contributed by atoms with Crippen LogP contribution < -0.4 is 0 Å². The number of aliphatic hydroxyl groups excluding tert-OH is 1. The number of carbonyl (C=O) groups is 1. The van der Waals surface area contributed by atoms with Crippen molar-refractivity contribution < 1.29 is 23.5 Å². The summed E-state index contributed by atoms with van der Waals surface area (Å²) in [7, 11) is -2.73. The third-order valence-corrected chi connectivity index (χ3v) is 4.81. The van der Waals surface area contributed by atoms with E-state index in [1.807, 2.05) is 13.8 Å². The monoisotopic (exact) mass is 234 g/mol. The van der Waals surface area contributed by atoms with Crippen LogP contribution in [0.25, 0.3) is 0 Å². The summed E-state index contributed by atoms with van der Waals surface area (Å²) in [4.78, 5) is 11.3. The maximum absolute atomic E-state index is 11.3. The molecule has 0 fully saturated rings. The van der Waals surface area contributed by atoms with Gasteiger partial charge >= 0.3 is 14.5 Å². The highest BCUT2D eigenvalue weighted by Crippen LogP contribution is 2.18. The summed E-state index contributed by atoms with van der Waals surface area (Å²) in [6, 6.07) is 0. The zero-order valence-corrected chi connectivity index (χ0v) is 10.4. The molecule has 0 aromatic heterocycles. The van der Waals surface area contributed by atoms with E-state index in [1.165, 1.54) is 0 Å². The normalized spacial score (nSPS) is 11.2. The summed E-state index contributed by atoms with van der Waals surface area (Å²) < 4.78 is 15.3. The van der Waals surface area contributed by atoms with Gasteiger partial charge in [0.25, 0.3) is 0 Å². The lowest BCUT2D eigenvalue weighted by atomic mass is 10.6. The molecule has 0 radical (unpaired) electrons. The number of ether oxygens (including phenoxy) is 1. The number of hydrogen-bond acceptors (Lipinski definition) is 5. The van der Waals surface area contributed by atoms with Gasteiger partial charge in [-0.1, -0.05) is 6.58 Å². The predicted octanol–water partition coefficient (Wildman–Crippen LogP) is 0.720. The minimum Gasteiger partial charge on any atom is -0.435 e. The van der Waals surface area contributed by atoms with E-state index in [4.69, 9.17) is 14.0 Å². The Balaban J connectivity index is 4.60. The standard InChI is InChI=1S/C9H18O5Si/c1-5-13-15(4,14-6-2)8(3)9(11)12-7-10/h10H,3,5-7H2,1-2,4H3. The van der Waals surface area contributed by atoms with E-state index in [-0.39, 0.29) is 5.20 Å². The Hall–Kier alpha value is -0.693. The van der Waals surface area contributed by atoms with Crippen LogP contribution in [0.5, 0.6) is 0 Å². The van der Waals surface area contributed by atoms with Crippen molar-refractivity contribution in [3.63, 3.8) is 0 Å². The van der Waals surface area contributed by atoms with Gasteiger partial charge in [-0.15, -0.1) is 0 Å². The second-order valence-corrected chi connectivity index (χ2v) is 5.92. The minimum atomic E-state index is -2.73. The molecule has 0 atom stereocenters. The molecule has 5 nitrogen and oxygen atoms in total. The Bertz CT molecular complexity index is 223. The zero-order valence-electron chi connectivity index (χ0n) is 9.41. The van der Waals surface area contributed by atoms with Gasteiger partial charge in [0.05, 0.1) is 5.20 Å². The first-order chi connectivity index (χ1) is 7.01. The lowest BCUT2D eigenvalue weighted by Gasteiger charge is -2.26. The SMILES string of the molecule is C=C(C(=O)OCO)[Si](C)(OCC)OCC. The van der Waals surface area contributed by atoms with Crippen LogP contribution in [-0.2, 0) is 18.4 Å². The highest BCUT2D eigenvalue weighted by molar-refractivity contribution is 6.78. The molecule has 0 amide bonds. The Morgan fingerprint density at radius 2 is 1.80 bits per heavy atom. The first kappa shape index (κ1) is 14.3. The van der Waals surface area contributed by atoms with Gasteiger partial charge in [-0.2, -0.15) is 0 Å². The molecule has 0 aromatic rings. The van der Waals surface area contributed by atoms with Crippen LogP contribution in [0.15, 0.2) is 11.8 Å². The summed E-state index contributed by atoms with van der Waals surface area (Å²) in [5, 5.41) is 8.63. The van der Waals surface area contributed by atoms with Crippen LogP contribution in [0.2, 0.25) is 6.55 Å². The molecule has 15 heavy (non-hydrogen) atoms. The highest BCUT2D eigenvalue weighted by Gasteiger charge is 2.39. The molecule has 0 rings (SSSR count). The van der Waals surface area contributed by atoms with Gasteiger partial charge in [0.2, 0.25) is 0 Å². The summed E-state index contributed by atoms with van der Waals surface area (Å²) in [6.07, 6.45) is 0. The molecule has 0 spiro atoms. The van der Waals surface area contributed by atoms with E-state index < -0.39 is 21.3 Å². The van der Waals surface area contributed by atoms with Gasteiger partial charge in [0.15, 0.2) is 6.79 Å². The molecule has 0 heterocycles. The number of aliphatic hydroxyl groups is 1. The van der Waals surface area contributed by atoms with Crippen LogP contribution in [0.4, 0.5) is 0 Å². The Labute approximate surface area is 90.9 Å². The summed E-state index contributed by atoms with van der Waals surface area (Å²) in [6.45, 7) is 9.17.